The standard InChI is InChI=1S/C16H20N4OS2/c21-16-17-5-7-20(16)13-3-1-6-19(10-13)9-12-11-23-15(18-12)14-4-2-8-22-14/h2,4,8,11,13H,1,3,5-7,9-10H2,(H,17,21)/t13-/m1/s1. The monoisotopic (exact) mass is 348 g/mol. The number of thiazole rings is 1. The van der Waals surface area contributed by atoms with Gasteiger partial charge in [-0.2, -0.15) is 0 Å². The third kappa shape index (κ3) is 3.27. The van der Waals surface area contributed by atoms with Gasteiger partial charge in [-0.25, -0.2) is 9.78 Å². The molecule has 2 aromatic rings. The number of nitrogens with zero attached hydrogens (tertiary/aromatic N) is 3. The highest BCUT2D eigenvalue weighted by molar-refractivity contribution is 7.20. The van der Waals surface area contributed by atoms with E-state index in [1.165, 1.54) is 4.88 Å². The molecule has 0 unspecified atom stereocenters. The minimum absolute atomic E-state index is 0.102. The van der Waals surface area contributed by atoms with Crippen LogP contribution in [0.1, 0.15) is 18.5 Å². The first-order valence-corrected chi connectivity index (χ1v) is 9.80. The number of nitrogens with one attached hydrogen (secondary N) is 1. The first-order chi connectivity index (χ1) is 11.3. The first kappa shape index (κ1) is 15.1. The Bertz CT molecular complexity index is 669. The molecule has 7 heteroatoms. The number of amides is 2. The fraction of sp³-hybridized carbons (Fsp3) is 0.500. The molecule has 2 saturated heterocycles. The molecule has 1 N–H and O–H groups in total. The van der Waals surface area contributed by atoms with Gasteiger partial charge in [0.2, 0.25) is 0 Å². The fourth-order valence-electron chi connectivity index (χ4n) is 3.39. The molecular weight excluding hydrogens is 328 g/mol. The van der Waals surface area contributed by atoms with Gasteiger partial charge in [-0.3, -0.25) is 4.90 Å². The minimum atomic E-state index is 0.102. The number of rotatable bonds is 4. The van der Waals surface area contributed by atoms with Crippen molar-refractivity contribution in [1.29, 1.82) is 0 Å². The van der Waals surface area contributed by atoms with Gasteiger partial charge >= 0.3 is 6.03 Å². The molecular formula is C16H20N4OS2. The summed E-state index contributed by atoms with van der Waals surface area (Å²) in [4.78, 5) is 22.3. The largest absolute Gasteiger partial charge is 0.336 e. The molecule has 122 valence electrons. The number of piperidine rings is 1. The number of hydrogen-bond donors (Lipinski definition) is 1. The Morgan fingerprint density at radius 1 is 1.35 bits per heavy atom. The summed E-state index contributed by atoms with van der Waals surface area (Å²) in [7, 11) is 0. The molecule has 4 heterocycles. The van der Waals surface area contributed by atoms with Gasteiger partial charge in [-0.15, -0.1) is 22.7 Å². The van der Waals surface area contributed by atoms with Crippen molar-refractivity contribution in [2.75, 3.05) is 26.2 Å². The van der Waals surface area contributed by atoms with E-state index in [2.05, 4.69) is 33.1 Å². The van der Waals surface area contributed by atoms with Crippen molar-refractivity contribution >= 4 is 28.7 Å². The molecule has 5 nitrogen and oxygen atoms in total. The van der Waals surface area contributed by atoms with E-state index < -0.39 is 0 Å². The first-order valence-electron chi connectivity index (χ1n) is 8.05. The summed E-state index contributed by atoms with van der Waals surface area (Å²) in [6, 6.07) is 4.64. The number of carbonyl (C=O) groups excluding carboxylic acids is 1. The van der Waals surface area contributed by atoms with Crippen molar-refractivity contribution in [3.8, 4) is 9.88 Å². The van der Waals surface area contributed by atoms with Gasteiger partial charge in [0.05, 0.1) is 10.6 Å². The van der Waals surface area contributed by atoms with Crippen molar-refractivity contribution in [2.45, 2.75) is 25.4 Å². The molecule has 0 spiro atoms. The van der Waals surface area contributed by atoms with Crippen molar-refractivity contribution < 1.29 is 4.79 Å². The zero-order valence-electron chi connectivity index (χ0n) is 12.9. The number of hydrogen-bond acceptors (Lipinski definition) is 5. The third-order valence-corrected chi connectivity index (χ3v) is 6.41. The smallest absolute Gasteiger partial charge is 0.317 e. The summed E-state index contributed by atoms with van der Waals surface area (Å²) in [5.41, 5.74) is 1.14. The zero-order valence-corrected chi connectivity index (χ0v) is 14.5. The second-order valence-corrected chi connectivity index (χ2v) is 7.88. The lowest BCUT2D eigenvalue weighted by Crippen LogP contribution is -2.48. The van der Waals surface area contributed by atoms with Gasteiger partial charge < -0.3 is 10.2 Å². The van der Waals surface area contributed by atoms with Crippen molar-refractivity contribution in [3.05, 3.63) is 28.6 Å². The van der Waals surface area contributed by atoms with Gasteiger partial charge in [0.25, 0.3) is 0 Å². The van der Waals surface area contributed by atoms with Crippen molar-refractivity contribution in [2.24, 2.45) is 0 Å². The van der Waals surface area contributed by atoms with Crippen LogP contribution in [0.15, 0.2) is 22.9 Å². The maximum atomic E-state index is 11.9. The molecule has 0 aromatic carbocycles. The average Bonchev–Trinajstić information content (AvgIpc) is 3.28. The van der Waals surface area contributed by atoms with Gasteiger partial charge in [0.1, 0.15) is 5.01 Å². The Kier molecular flexibility index (Phi) is 4.33. The van der Waals surface area contributed by atoms with Crippen LogP contribution < -0.4 is 5.32 Å². The SMILES string of the molecule is O=C1NCCN1[C@@H]1CCCN(Cc2csc(-c3cccs3)n2)C1. The molecule has 4 rings (SSSR count). The Hall–Kier alpha value is -1.44. The highest BCUT2D eigenvalue weighted by Gasteiger charge is 2.31. The maximum Gasteiger partial charge on any atom is 0.317 e. The lowest BCUT2D eigenvalue weighted by molar-refractivity contribution is 0.121. The number of carbonyl (C=O) groups is 1. The van der Waals surface area contributed by atoms with E-state index in [9.17, 15) is 4.79 Å². The maximum absolute atomic E-state index is 11.9. The van der Waals surface area contributed by atoms with E-state index in [0.717, 1.165) is 56.3 Å². The van der Waals surface area contributed by atoms with Crippen LogP contribution in [0.25, 0.3) is 9.88 Å². The van der Waals surface area contributed by atoms with E-state index in [4.69, 9.17) is 4.98 Å². The summed E-state index contributed by atoms with van der Waals surface area (Å²) in [6.45, 7) is 4.56. The van der Waals surface area contributed by atoms with Crippen molar-refractivity contribution in [3.63, 3.8) is 0 Å². The normalized spacial score (nSPS) is 22.5. The predicted octanol–water partition coefficient (Wildman–Crippen LogP) is 2.86. The third-order valence-electron chi connectivity index (χ3n) is 4.48. The lowest BCUT2D eigenvalue weighted by atomic mass is 10.0. The summed E-state index contributed by atoms with van der Waals surface area (Å²) in [6.07, 6.45) is 2.26. The van der Waals surface area contributed by atoms with Gasteiger partial charge in [-0.1, -0.05) is 6.07 Å². The van der Waals surface area contributed by atoms with Crippen LogP contribution >= 0.6 is 22.7 Å². The fourth-order valence-corrected chi connectivity index (χ4v) is 5.01. The average molecular weight is 348 g/mol. The molecule has 0 radical (unpaired) electrons. The highest BCUT2D eigenvalue weighted by atomic mass is 32.1. The summed E-state index contributed by atoms with van der Waals surface area (Å²) in [5, 5.41) is 8.28. The van der Waals surface area contributed by atoms with Crippen LogP contribution in [0, 0.1) is 0 Å². The topological polar surface area (TPSA) is 48.5 Å². The molecule has 2 aliphatic rings. The number of thiophene rings is 1. The molecule has 0 saturated carbocycles. The van der Waals surface area contributed by atoms with E-state index >= 15 is 0 Å². The second-order valence-electron chi connectivity index (χ2n) is 6.08. The number of urea groups is 1. The molecule has 2 aliphatic heterocycles. The molecule has 2 amide bonds. The molecule has 2 aromatic heterocycles. The zero-order chi connectivity index (χ0) is 15.6. The number of aromatic nitrogens is 1. The highest BCUT2D eigenvalue weighted by Crippen LogP contribution is 2.28. The van der Waals surface area contributed by atoms with Gasteiger partial charge in [0.15, 0.2) is 0 Å². The second kappa shape index (κ2) is 6.59. The number of likely N-dealkylation sites (tertiary alicyclic amines) is 1. The summed E-state index contributed by atoms with van der Waals surface area (Å²) in [5.74, 6) is 0. The Balaban J connectivity index is 1.39. The van der Waals surface area contributed by atoms with E-state index in [1.807, 2.05) is 4.90 Å². The van der Waals surface area contributed by atoms with Crippen LogP contribution in [-0.2, 0) is 6.54 Å². The lowest BCUT2D eigenvalue weighted by Gasteiger charge is -2.36. The molecule has 2 fully saturated rings. The molecule has 23 heavy (non-hydrogen) atoms. The van der Waals surface area contributed by atoms with Crippen LogP contribution in [0.4, 0.5) is 4.79 Å². The molecule has 0 aliphatic carbocycles. The van der Waals surface area contributed by atoms with Crippen LogP contribution in [0.2, 0.25) is 0 Å². The molecule has 1 atom stereocenters. The van der Waals surface area contributed by atoms with E-state index in [-0.39, 0.29) is 6.03 Å². The quantitative estimate of drug-likeness (QED) is 0.924. The van der Waals surface area contributed by atoms with E-state index in [0.29, 0.717) is 6.04 Å². The Morgan fingerprint density at radius 3 is 3.09 bits per heavy atom. The van der Waals surface area contributed by atoms with Gasteiger partial charge in [0, 0.05) is 37.6 Å². The summed E-state index contributed by atoms with van der Waals surface area (Å²) < 4.78 is 0. The van der Waals surface area contributed by atoms with Gasteiger partial charge in [-0.05, 0) is 30.8 Å². The summed E-state index contributed by atoms with van der Waals surface area (Å²) >= 11 is 3.46. The van der Waals surface area contributed by atoms with E-state index in [1.54, 1.807) is 22.7 Å². The van der Waals surface area contributed by atoms with Crippen molar-refractivity contribution in [1.82, 2.24) is 20.1 Å². The Labute approximate surface area is 143 Å². The molecule has 0 bridgehead atoms. The van der Waals surface area contributed by atoms with Crippen LogP contribution in [0.3, 0.4) is 0 Å². The minimum Gasteiger partial charge on any atom is -0.336 e. The van der Waals surface area contributed by atoms with Crippen LogP contribution in [0.5, 0.6) is 0 Å². The van der Waals surface area contributed by atoms with Crippen LogP contribution in [-0.4, -0.2) is 53.0 Å². The predicted molar refractivity (Wildman–Crippen MR) is 93.8 cm³/mol. The Morgan fingerprint density at radius 2 is 2.30 bits per heavy atom.